The maximum Gasteiger partial charge on any atom is 0.407 e. The SMILES string of the molecule is O=C(NC1CC(O)(c2ccccc2)C1)OCC1c2ccccc2-c2ccccc21. The molecule has 0 aliphatic heterocycles. The lowest BCUT2D eigenvalue weighted by atomic mass is 9.71. The number of alkyl carbamates (subject to hydrolysis) is 1. The third-order valence-electron chi connectivity index (χ3n) is 6.14. The smallest absolute Gasteiger partial charge is 0.407 e. The number of aliphatic hydroxyl groups is 1. The van der Waals surface area contributed by atoms with Crippen LogP contribution in [0.3, 0.4) is 0 Å². The van der Waals surface area contributed by atoms with Gasteiger partial charge in [0.1, 0.15) is 6.61 Å². The summed E-state index contributed by atoms with van der Waals surface area (Å²) in [6, 6.07) is 26.1. The summed E-state index contributed by atoms with van der Waals surface area (Å²) in [5.41, 5.74) is 4.86. The van der Waals surface area contributed by atoms with E-state index in [1.54, 1.807) is 0 Å². The molecular formula is C25H23NO3. The van der Waals surface area contributed by atoms with Crippen LogP contribution in [0.4, 0.5) is 4.79 Å². The fourth-order valence-electron chi connectivity index (χ4n) is 4.65. The highest BCUT2D eigenvalue weighted by molar-refractivity contribution is 5.79. The Morgan fingerprint density at radius 3 is 2.07 bits per heavy atom. The Balaban J connectivity index is 1.20. The molecule has 0 spiro atoms. The third kappa shape index (κ3) is 3.19. The van der Waals surface area contributed by atoms with Crippen molar-refractivity contribution in [2.75, 3.05) is 6.61 Å². The molecule has 2 aliphatic carbocycles. The van der Waals surface area contributed by atoms with Gasteiger partial charge in [-0.25, -0.2) is 4.79 Å². The molecule has 2 N–H and O–H groups in total. The molecule has 0 atom stereocenters. The quantitative estimate of drug-likeness (QED) is 0.691. The standard InChI is InChI=1S/C25H23NO3/c27-24(26-18-14-25(28,15-18)17-8-2-1-3-9-17)29-16-23-21-12-6-4-10-19(21)20-11-5-7-13-22(20)23/h1-13,18,23,28H,14-16H2,(H,26,27). The molecule has 1 amide bonds. The van der Waals surface area contributed by atoms with Gasteiger partial charge in [-0.1, -0.05) is 78.9 Å². The van der Waals surface area contributed by atoms with E-state index in [0.29, 0.717) is 19.4 Å². The van der Waals surface area contributed by atoms with Gasteiger partial charge in [-0.15, -0.1) is 0 Å². The highest BCUT2D eigenvalue weighted by Gasteiger charge is 2.44. The second kappa shape index (κ2) is 7.05. The number of ether oxygens (including phenoxy) is 1. The van der Waals surface area contributed by atoms with Gasteiger partial charge in [0.15, 0.2) is 0 Å². The molecule has 5 rings (SSSR count). The van der Waals surface area contributed by atoms with Gasteiger partial charge < -0.3 is 15.2 Å². The van der Waals surface area contributed by atoms with Crippen LogP contribution in [0, 0.1) is 0 Å². The molecule has 0 bridgehead atoms. The molecular weight excluding hydrogens is 362 g/mol. The first-order chi connectivity index (χ1) is 14.1. The monoisotopic (exact) mass is 385 g/mol. The lowest BCUT2D eigenvalue weighted by molar-refractivity contribution is -0.0607. The molecule has 146 valence electrons. The molecule has 29 heavy (non-hydrogen) atoms. The molecule has 1 saturated carbocycles. The summed E-state index contributed by atoms with van der Waals surface area (Å²) in [5.74, 6) is 0.0517. The number of hydrogen-bond donors (Lipinski definition) is 2. The van der Waals surface area contributed by atoms with Gasteiger partial charge in [-0.2, -0.15) is 0 Å². The van der Waals surface area contributed by atoms with Crippen LogP contribution < -0.4 is 5.32 Å². The molecule has 0 unspecified atom stereocenters. The molecule has 0 aromatic heterocycles. The van der Waals surface area contributed by atoms with Gasteiger partial charge in [0.2, 0.25) is 0 Å². The predicted octanol–water partition coefficient (Wildman–Crippen LogP) is 4.58. The lowest BCUT2D eigenvalue weighted by Gasteiger charge is -2.44. The van der Waals surface area contributed by atoms with Crippen molar-refractivity contribution in [2.45, 2.75) is 30.4 Å². The van der Waals surface area contributed by atoms with Crippen molar-refractivity contribution in [3.8, 4) is 11.1 Å². The summed E-state index contributed by atoms with van der Waals surface area (Å²) < 4.78 is 5.59. The summed E-state index contributed by atoms with van der Waals surface area (Å²) in [5, 5.41) is 13.6. The topological polar surface area (TPSA) is 58.6 Å². The van der Waals surface area contributed by atoms with E-state index in [1.165, 1.54) is 22.3 Å². The number of carbonyl (C=O) groups excluding carboxylic acids is 1. The van der Waals surface area contributed by atoms with Crippen molar-refractivity contribution in [3.05, 3.63) is 95.6 Å². The zero-order chi connectivity index (χ0) is 19.8. The minimum Gasteiger partial charge on any atom is -0.449 e. The Morgan fingerprint density at radius 1 is 0.897 bits per heavy atom. The van der Waals surface area contributed by atoms with Crippen LogP contribution in [-0.4, -0.2) is 23.8 Å². The largest absolute Gasteiger partial charge is 0.449 e. The van der Waals surface area contributed by atoms with E-state index in [4.69, 9.17) is 4.74 Å². The van der Waals surface area contributed by atoms with Crippen LogP contribution in [0.1, 0.15) is 35.4 Å². The molecule has 4 heteroatoms. The highest BCUT2D eigenvalue weighted by atomic mass is 16.5. The van der Waals surface area contributed by atoms with Crippen molar-refractivity contribution in [3.63, 3.8) is 0 Å². The molecule has 0 saturated heterocycles. The summed E-state index contributed by atoms with van der Waals surface area (Å²) in [4.78, 5) is 12.4. The van der Waals surface area contributed by atoms with Crippen LogP contribution >= 0.6 is 0 Å². The summed E-state index contributed by atoms with van der Waals surface area (Å²) in [7, 11) is 0. The Morgan fingerprint density at radius 2 is 1.45 bits per heavy atom. The number of hydrogen-bond acceptors (Lipinski definition) is 3. The first-order valence-electron chi connectivity index (χ1n) is 10.0. The Bertz CT molecular complexity index is 995. The number of nitrogens with one attached hydrogen (secondary N) is 1. The van der Waals surface area contributed by atoms with E-state index in [-0.39, 0.29) is 12.0 Å². The lowest BCUT2D eigenvalue weighted by Crippen LogP contribution is -2.53. The molecule has 4 nitrogen and oxygen atoms in total. The molecule has 1 fully saturated rings. The van der Waals surface area contributed by atoms with Crippen molar-refractivity contribution in [1.82, 2.24) is 5.32 Å². The van der Waals surface area contributed by atoms with Crippen LogP contribution in [0.25, 0.3) is 11.1 Å². The Hall–Kier alpha value is -3.11. The van der Waals surface area contributed by atoms with E-state index in [0.717, 1.165) is 5.56 Å². The van der Waals surface area contributed by atoms with Gasteiger partial charge in [-0.05, 0) is 27.8 Å². The Kier molecular flexibility index (Phi) is 4.36. The van der Waals surface area contributed by atoms with E-state index < -0.39 is 11.7 Å². The molecule has 2 aliphatic rings. The van der Waals surface area contributed by atoms with Gasteiger partial charge in [0, 0.05) is 24.8 Å². The van der Waals surface area contributed by atoms with Gasteiger partial charge in [-0.3, -0.25) is 0 Å². The van der Waals surface area contributed by atoms with Crippen molar-refractivity contribution >= 4 is 6.09 Å². The minimum absolute atomic E-state index is 0.0517. The number of carbonyl (C=O) groups is 1. The molecule has 3 aromatic carbocycles. The maximum atomic E-state index is 12.4. The summed E-state index contributed by atoms with van der Waals surface area (Å²) >= 11 is 0. The molecule has 3 aromatic rings. The minimum atomic E-state index is -0.859. The third-order valence-corrected chi connectivity index (χ3v) is 6.14. The molecule has 0 radical (unpaired) electrons. The van der Waals surface area contributed by atoms with Crippen LogP contribution in [0.2, 0.25) is 0 Å². The van der Waals surface area contributed by atoms with Gasteiger partial charge in [0.25, 0.3) is 0 Å². The first-order valence-corrected chi connectivity index (χ1v) is 10.0. The highest BCUT2D eigenvalue weighted by Crippen LogP contribution is 2.45. The van der Waals surface area contributed by atoms with Crippen molar-refractivity contribution in [2.24, 2.45) is 0 Å². The summed E-state index contributed by atoms with van der Waals surface area (Å²) in [6.07, 6.45) is 0.578. The second-order valence-corrected chi connectivity index (χ2v) is 7.97. The average Bonchev–Trinajstić information content (AvgIpc) is 3.05. The fourth-order valence-corrected chi connectivity index (χ4v) is 4.65. The average molecular weight is 385 g/mol. The van der Waals surface area contributed by atoms with Crippen molar-refractivity contribution < 1.29 is 14.6 Å². The van der Waals surface area contributed by atoms with Crippen LogP contribution in [0.5, 0.6) is 0 Å². The van der Waals surface area contributed by atoms with Crippen LogP contribution in [-0.2, 0) is 10.3 Å². The maximum absolute atomic E-state index is 12.4. The van der Waals surface area contributed by atoms with Crippen molar-refractivity contribution in [1.29, 1.82) is 0 Å². The van der Waals surface area contributed by atoms with E-state index in [9.17, 15) is 9.90 Å². The zero-order valence-electron chi connectivity index (χ0n) is 16.0. The van der Waals surface area contributed by atoms with Gasteiger partial charge in [0.05, 0.1) is 5.60 Å². The van der Waals surface area contributed by atoms with E-state index in [2.05, 4.69) is 29.6 Å². The first kappa shape index (κ1) is 18.0. The number of rotatable bonds is 4. The second-order valence-electron chi connectivity index (χ2n) is 7.97. The van der Waals surface area contributed by atoms with Crippen LogP contribution in [0.15, 0.2) is 78.9 Å². The molecule has 0 heterocycles. The predicted molar refractivity (Wildman–Crippen MR) is 112 cm³/mol. The number of fused-ring (bicyclic) bond motifs is 3. The van der Waals surface area contributed by atoms with Gasteiger partial charge >= 0.3 is 6.09 Å². The van der Waals surface area contributed by atoms with E-state index >= 15 is 0 Å². The fraction of sp³-hybridized carbons (Fsp3) is 0.240. The zero-order valence-corrected chi connectivity index (χ0v) is 16.0. The summed E-state index contributed by atoms with van der Waals surface area (Å²) in [6.45, 7) is 0.301. The van der Waals surface area contributed by atoms with E-state index in [1.807, 2.05) is 54.6 Å². The Labute approximate surface area is 170 Å². The number of benzene rings is 3. The number of amides is 1. The normalized spacial score (nSPS) is 22.3.